The number of esters is 2. The molecule has 28 heavy (non-hydrogen) atoms. The summed E-state index contributed by atoms with van der Waals surface area (Å²) in [6, 6.07) is 3.58. The molecule has 2 aliphatic rings. The van der Waals surface area contributed by atoms with Crippen molar-refractivity contribution in [3.8, 4) is 11.5 Å². The fourth-order valence-electron chi connectivity index (χ4n) is 3.46. The zero-order valence-electron chi connectivity index (χ0n) is 16.6. The van der Waals surface area contributed by atoms with Crippen LogP contribution in [0.3, 0.4) is 0 Å². The van der Waals surface area contributed by atoms with E-state index >= 15 is 0 Å². The smallest absolute Gasteiger partial charge is 0.308 e. The quantitative estimate of drug-likeness (QED) is 0.528. The van der Waals surface area contributed by atoms with Crippen molar-refractivity contribution < 1.29 is 28.5 Å². The molecule has 0 amide bonds. The summed E-state index contributed by atoms with van der Waals surface area (Å²) in [6.45, 7) is 9.87. The first-order chi connectivity index (χ1) is 13.5. The molecule has 0 unspecified atom stereocenters. The predicted molar refractivity (Wildman–Crippen MR) is 101 cm³/mol. The van der Waals surface area contributed by atoms with E-state index in [1.54, 1.807) is 12.1 Å². The van der Waals surface area contributed by atoms with Gasteiger partial charge < -0.3 is 18.9 Å². The van der Waals surface area contributed by atoms with E-state index in [0.29, 0.717) is 51.0 Å². The molecule has 2 heterocycles. The monoisotopic (exact) mass is 392 g/mol. The number of hydrogen-bond donors (Lipinski definition) is 0. The molecule has 0 aliphatic carbocycles. The Hall–Kier alpha value is -2.00. The van der Waals surface area contributed by atoms with Crippen LogP contribution < -0.4 is 9.47 Å². The van der Waals surface area contributed by atoms with E-state index in [9.17, 15) is 9.59 Å². The number of hydrogen-bond acceptors (Lipinski definition) is 8. The van der Waals surface area contributed by atoms with Crippen LogP contribution >= 0.6 is 0 Å². The predicted octanol–water partition coefficient (Wildman–Crippen LogP) is 1.20. The van der Waals surface area contributed by atoms with Crippen LogP contribution in [0.5, 0.6) is 11.5 Å². The van der Waals surface area contributed by atoms with Crippen LogP contribution in [0.4, 0.5) is 0 Å². The Morgan fingerprint density at radius 1 is 0.821 bits per heavy atom. The Labute approximate surface area is 165 Å². The number of carbonyl (C=O) groups excluding carboxylic acids is 2. The molecule has 0 atom stereocenters. The van der Waals surface area contributed by atoms with E-state index in [1.807, 2.05) is 0 Å². The minimum atomic E-state index is -0.380. The fraction of sp³-hybridized carbons (Fsp3) is 0.600. The van der Waals surface area contributed by atoms with Crippen LogP contribution in [0, 0.1) is 0 Å². The lowest BCUT2D eigenvalue weighted by molar-refractivity contribution is -0.133. The number of ether oxygens (including phenoxy) is 4. The number of morpholine rings is 2. The molecule has 1 aromatic carbocycles. The maximum Gasteiger partial charge on any atom is 0.308 e. The highest BCUT2D eigenvalue weighted by Gasteiger charge is 2.22. The third kappa shape index (κ3) is 6.00. The second-order valence-corrected chi connectivity index (χ2v) is 7.03. The first kappa shape index (κ1) is 20.7. The summed E-state index contributed by atoms with van der Waals surface area (Å²) in [7, 11) is 0. The van der Waals surface area contributed by atoms with Crippen LogP contribution in [0.2, 0.25) is 0 Å². The second-order valence-electron chi connectivity index (χ2n) is 7.03. The van der Waals surface area contributed by atoms with E-state index in [2.05, 4.69) is 9.80 Å². The van der Waals surface area contributed by atoms with Gasteiger partial charge in [-0.25, -0.2) is 0 Å². The Morgan fingerprint density at radius 2 is 1.25 bits per heavy atom. The van der Waals surface area contributed by atoms with Crippen LogP contribution in [0.1, 0.15) is 25.0 Å². The van der Waals surface area contributed by atoms with Crippen LogP contribution in [-0.2, 0) is 32.2 Å². The Balaban J connectivity index is 1.93. The highest BCUT2D eigenvalue weighted by atomic mass is 16.5. The lowest BCUT2D eigenvalue weighted by Gasteiger charge is -2.29. The molecule has 0 N–H and O–H groups in total. The summed E-state index contributed by atoms with van der Waals surface area (Å²) in [4.78, 5) is 27.8. The number of carbonyl (C=O) groups is 2. The highest BCUT2D eigenvalue weighted by Crippen LogP contribution is 2.32. The third-order valence-corrected chi connectivity index (χ3v) is 4.72. The lowest BCUT2D eigenvalue weighted by Crippen LogP contribution is -2.36. The van der Waals surface area contributed by atoms with Gasteiger partial charge in [0.15, 0.2) is 0 Å². The van der Waals surface area contributed by atoms with Crippen molar-refractivity contribution in [3.05, 3.63) is 23.3 Å². The van der Waals surface area contributed by atoms with E-state index in [0.717, 1.165) is 37.3 Å². The van der Waals surface area contributed by atoms with Crippen LogP contribution in [0.25, 0.3) is 0 Å². The van der Waals surface area contributed by atoms with Crippen molar-refractivity contribution >= 4 is 11.9 Å². The average molecular weight is 392 g/mol. The van der Waals surface area contributed by atoms with Crippen molar-refractivity contribution in [2.24, 2.45) is 0 Å². The summed E-state index contributed by atoms with van der Waals surface area (Å²) in [5.74, 6) is 0.276. The molecule has 0 bridgehead atoms. The van der Waals surface area contributed by atoms with Gasteiger partial charge >= 0.3 is 11.9 Å². The first-order valence-corrected chi connectivity index (χ1v) is 9.64. The molecule has 8 nitrogen and oxygen atoms in total. The zero-order valence-corrected chi connectivity index (χ0v) is 16.6. The van der Waals surface area contributed by atoms with Gasteiger partial charge in [-0.15, -0.1) is 0 Å². The molecule has 2 fully saturated rings. The van der Waals surface area contributed by atoms with Crippen LogP contribution in [0.15, 0.2) is 12.1 Å². The van der Waals surface area contributed by atoms with Crippen molar-refractivity contribution in [1.29, 1.82) is 0 Å². The van der Waals surface area contributed by atoms with Gasteiger partial charge in [0.1, 0.15) is 11.5 Å². The Kier molecular flexibility index (Phi) is 7.38. The molecule has 1 aromatic rings. The van der Waals surface area contributed by atoms with E-state index in [-0.39, 0.29) is 11.9 Å². The van der Waals surface area contributed by atoms with Gasteiger partial charge in [0, 0.05) is 64.2 Å². The molecular weight excluding hydrogens is 364 g/mol. The summed E-state index contributed by atoms with van der Waals surface area (Å²) < 4.78 is 21.8. The topological polar surface area (TPSA) is 77.5 Å². The normalized spacial score (nSPS) is 18.6. The molecule has 154 valence electrons. The molecule has 8 heteroatoms. The summed E-state index contributed by atoms with van der Waals surface area (Å²) in [5.41, 5.74) is 1.67. The fourth-order valence-corrected chi connectivity index (χ4v) is 3.46. The molecule has 0 radical (unpaired) electrons. The zero-order chi connectivity index (χ0) is 19.9. The lowest BCUT2D eigenvalue weighted by atomic mass is 10.1. The summed E-state index contributed by atoms with van der Waals surface area (Å²) >= 11 is 0. The number of rotatable bonds is 6. The van der Waals surface area contributed by atoms with Crippen molar-refractivity contribution in [1.82, 2.24) is 9.80 Å². The van der Waals surface area contributed by atoms with Gasteiger partial charge in [0.2, 0.25) is 0 Å². The van der Waals surface area contributed by atoms with Crippen molar-refractivity contribution in [2.75, 3.05) is 52.6 Å². The van der Waals surface area contributed by atoms with Gasteiger partial charge in [0.05, 0.1) is 26.4 Å². The minimum absolute atomic E-state index is 0.369. The largest absolute Gasteiger partial charge is 0.427 e. The third-order valence-electron chi connectivity index (χ3n) is 4.72. The van der Waals surface area contributed by atoms with E-state index in [4.69, 9.17) is 18.9 Å². The second kappa shape index (κ2) is 9.97. The standard InChI is InChI=1S/C20H28N2O6/c1-15(23)27-19-11-17(13-21-3-7-25-8-4-21)20(28-16(2)24)18(12-19)14-22-5-9-26-10-6-22/h11-12H,3-10,13-14H2,1-2H3. The summed E-state index contributed by atoms with van der Waals surface area (Å²) in [6.07, 6.45) is 0. The molecule has 2 aliphatic heterocycles. The van der Waals surface area contributed by atoms with E-state index in [1.165, 1.54) is 13.8 Å². The van der Waals surface area contributed by atoms with Crippen molar-refractivity contribution in [2.45, 2.75) is 26.9 Å². The molecule has 2 saturated heterocycles. The molecule has 0 aromatic heterocycles. The average Bonchev–Trinajstić information content (AvgIpc) is 2.65. The van der Waals surface area contributed by atoms with Gasteiger partial charge in [-0.1, -0.05) is 0 Å². The maximum absolute atomic E-state index is 11.8. The maximum atomic E-state index is 11.8. The Bertz CT molecular complexity index is 655. The highest BCUT2D eigenvalue weighted by molar-refractivity contribution is 5.72. The van der Waals surface area contributed by atoms with Gasteiger partial charge in [-0.3, -0.25) is 19.4 Å². The number of nitrogens with zero attached hydrogens (tertiary/aromatic N) is 2. The van der Waals surface area contributed by atoms with E-state index < -0.39 is 0 Å². The SMILES string of the molecule is CC(=O)Oc1cc(CN2CCOCC2)c(OC(C)=O)c(CN2CCOCC2)c1. The molecule has 0 spiro atoms. The van der Waals surface area contributed by atoms with Gasteiger partial charge in [-0.2, -0.15) is 0 Å². The first-order valence-electron chi connectivity index (χ1n) is 9.64. The Morgan fingerprint density at radius 3 is 1.64 bits per heavy atom. The summed E-state index contributed by atoms with van der Waals surface area (Å²) in [5, 5.41) is 0. The minimum Gasteiger partial charge on any atom is -0.427 e. The van der Waals surface area contributed by atoms with Crippen LogP contribution in [-0.4, -0.2) is 74.3 Å². The number of benzene rings is 1. The molecular formula is C20H28N2O6. The van der Waals surface area contributed by atoms with Gasteiger partial charge in [0.25, 0.3) is 0 Å². The molecule has 3 rings (SSSR count). The van der Waals surface area contributed by atoms with Gasteiger partial charge in [-0.05, 0) is 12.1 Å². The molecule has 0 saturated carbocycles. The van der Waals surface area contributed by atoms with Crippen molar-refractivity contribution in [3.63, 3.8) is 0 Å².